The highest BCUT2D eigenvalue weighted by atomic mass is 79.9. The fraction of sp³-hybridized carbons (Fsp3) is 0.462. The third kappa shape index (κ3) is 2.38. The summed E-state index contributed by atoms with van der Waals surface area (Å²) in [6.07, 6.45) is 5.12. The van der Waals surface area contributed by atoms with Gasteiger partial charge < -0.3 is 9.55 Å². The van der Waals surface area contributed by atoms with Gasteiger partial charge in [0.25, 0.3) is 0 Å². The van der Waals surface area contributed by atoms with E-state index in [9.17, 15) is 4.39 Å². The van der Waals surface area contributed by atoms with Crippen LogP contribution in [0.25, 0.3) is 11.0 Å². The molecule has 0 saturated heterocycles. The van der Waals surface area contributed by atoms with Gasteiger partial charge in [0, 0.05) is 12.6 Å². The lowest BCUT2D eigenvalue weighted by molar-refractivity contribution is 0.580. The van der Waals surface area contributed by atoms with E-state index in [-0.39, 0.29) is 5.82 Å². The Morgan fingerprint density at radius 2 is 2.22 bits per heavy atom. The van der Waals surface area contributed by atoms with Crippen LogP contribution in [0.4, 0.5) is 4.39 Å². The van der Waals surface area contributed by atoms with Crippen LogP contribution >= 0.6 is 28.1 Å². The van der Waals surface area contributed by atoms with Crippen LogP contribution in [-0.2, 0) is 6.54 Å². The summed E-state index contributed by atoms with van der Waals surface area (Å²) in [7, 11) is 0. The SMILES string of the molecule is Fc1cc2c(cc1Br)[nH]c(=S)n2CCCC1CC1. The summed E-state index contributed by atoms with van der Waals surface area (Å²) in [5.41, 5.74) is 1.75. The lowest BCUT2D eigenvalue weighted by Crippen LogP contribution is -1.98. The van der Waals surface area contributed by atoms with Gasteiger partial charge in [-0.3, -0.25) is 0 Å². The van der Waals surface area contributed by atoms with Gasteiger partial charge in [0.1, 0.15) is 5.82 Å². The lowest BCUT2D eigenvalue weighted by Gasteiger charge is -2.04. The first-order valence-electron chi connectivity index (χ1n) is 6.22. The summed E-state index contributed by atoms with van der Waals surface area (Å²) in [5.74, 6) is 0.683. The molecule has 1 heterocycles. The Morgan fingerprint density at radius 1 is 1.44 bits per heavy atom. The van der Waals surface area contributed by atoms with Crippen molar-refractivity contribution in [2.75, 3.05) is 0 Å². The summed E-state index contributed by atoms with van der Waals surface area (Å²) in [6.45, 7) is 0.871. The maximum Gasteiger partial charge on any atom is 0.178 e. The lowest BCUT2D eigenvalue weighted by atomic mass is 10.2. The number of nitrogens with one attached hydrogen (secondary N) is 1. The van der Waals surface area contributed by atoms with Crippen molar-refractivity contribution in [2.45, 2.75) is 32.2 Å². The van der Waals surface area contributed by atoms with E-state index < -0.39 is 0 Å². The van der Waals surface area contributed by atoms with E-state index in [1.807, 2.05) is 4.57 Å². The van der Waals surface area contributed by atoms with Crippen LogP contribution < -0.4 is 0 Å². The summed E-state index contributed by atoms with van der Waals surface area (Å²) in [4.78, 5) is 3.13. The number of rotatable bonds is 4. The molecule has 0 bridgehead atoms. The second kappa shape index (κ2) is 4.78. The van der Waals surface area contributed by atoms with Crippen LogP contribution in [-0.4, -0.2) is 9.55 Å². The molecule has 1 aromatic heterocycles. The topological polar surface area (TPSA) is 20.7 Å². The maximum absolute atomic E-state index is 13.6. The van der Waals surface area contributed by atoms with Crippen LogP contribution in [0.3, 0.4) is 0 Å². The fourth-order valence-electron chi connectivity index (χ4n) is 2.32. The number of halogens is 2. The second-order valence-corrected chi connectivity index (χ2v) is 6.19. The predicted octanol–water partition coefficient (Wildman–Crippen LogP) is 4.79. The maximum atomic E-state index is 13.6. The van der Waals surface area contributed by atoms with Crippen LogP contribution in [0.15, 0.2) is 16.6 Å². The molecular formula is C13H14BrFN2S. The average Bonchev–Trinajstić information content (AvgIpc) is 3.09. The molecule has 2 nitrogen and oxygen atoms in total. The Balaban J connectivity index is 1.91. The third-order valence-electron chi connectivity index (χ3n) is 3.51. The summed E-state index contributed by atoms with van der Waals surface area (Å²) in [6, 6.07) is 3.29. The molecule has 0 aliphatic heterocycles. The van der Waals surface area contributed by atoms with E-state index in [0.717, 1.165) is 29.9 Å². The van der Waals surface area contributed by atoms with Gasteiger partial charge in [0.2, 0.25) is 0 Å². The van der Waals surface area contributed by atoms with Crippen molar-refractivity contribution in [3.8, 4) is 0 Å². The molecule has 96 valence electrons. The molecule has 0 atom stereocenters. The van der Waals surface area contributed by atoms with Crippen LogP contribution in [0, 0.1) is 16.5 Å². The number of hydrogen-bond acceptors (Lipinski definition) is 1. The number of aryl methyl sites for hydroxylation is 1. The van der Waals surface area contributed by atoms with Crippen molar-refractivity contribution in [2.24, 2.45) is 5.92 Å². The Kier molecular flexibility index (Phi) is 3.28. The van der Waals surface area contributed by atoms with Crippen molar-refractivity contribution in [1.29, 1.82) is 0 Å². The van der Waals surface area contributed by atoms with Gasteiger partial charge in [-0.1, -0.05) is 12.8 Å². The van der Waals surface area contributed by atoms with Gasteiger partial charge in [-0.25, -0.2) is 4.39 Å². The summed E-state index contributed by atoms with van der Waals surface area (Å²) >= 11 is 8.50. The zero-order valence-electron chi connectivity index (χ0n) is 9.88. The van der Waals surface area contributed by atoms with Crippen LogP contribution in [0.2, 0.25) is 0 Å². The number of fused-ring (bicyclic) bond motifs is 1. The van der Waals surface area contributed by atoms with E-state index >= 15 is 0 Å². The zero-order chi connectivity index (χ0) is 12.7. The molecule has 1 aliphatic rings. The van der Waals surface area contributed by atoms with Gasteiger partial charge in [-0.15, -0.1) is 0 Å². The van der Waals surface area contributed by atoms with E-state index in [0.29, 0.717) is 9.24 Å². The largest absolute Gasteiger partial charge is 0.331 e. The molecule has 0 spiro atoms. The third-order valence-corrected chi connectivity index (χ3v) is 4.44. The molecule has 2 aromatic rings. The van der Waals surface area contributed by atoms with Crippen LogP contribution in [0.5, 0.6) is 0 Å². The molecular weight excluding hydrogens is 315 g/mol. The first kappa shape index (κ1) is 12.4. The molecule has 5 heteroatoms. The number of aromatic nitrogens is 2. The highest BCUT2D eigenvalue weighted by Gasteiger charge is 2.20. The number of imidazole rings is 1. The molecule has 18 heavy (non-hydrogen) atoms. The highest BCUT2D eigenvalue weighted by molar-refractivity contribution is 9.10. The number of benzene rings is 1. The van der Waals surface area contributed by atoms with E-state index in [2.05, 4.69) is 20.9 Å². The Labute approximate surface area is 118 Å². The van der Waals surface area contributed by atoms with Crippen molar-refractivity contribution < 1.29 is 4.39 Å². The molecule has 1 saturated carbocycles. The Morgan fingerprint density at radius 3 is 2.94 bits per heavy atom. The van der Waals surface area contributed by atoms with E-state index in [1.165, 1.54) is 19.3 Å². The monoisotopic (exact) mass is 328 g/mol. The van der Waals surface area contributed by atoms with E-state index in [1.54, 1.807) is 12.1 Å². The highest BCUT2D eigenvalue weighted by Crippen LogP contribution is 2.33. The molecule has 1 aromatic carbocycles. The fourth-order valence-corrected chi connectivity index (χ4v) is 2.96. The van der Waals surface area contributed by atoms with Crippen molar-refractivity contribution in [3.05, 3.63) is 27.2 Å². The Bertz CT molecular complexity index is 642. The second-order valence-electron chi connectivity index (χ2n) is 4.95. The standard InChI is InChI=1S/C13H14BrFN2S/c14-9-6-11-12(7-10(9)15)17(13(18)16-11)5-1-2-8-3-4-8/h6-8H,1-5H2,(H,16,18). The van der Waals surface area contributed by atoms with Crippen molar-refractivity contribution in [3.63, 3.8) is 0 Å². The summed E-state index contributed by atoms with van der Waals surface area (Å²) < 4.78 is 16.7. The molecule has 1 N–H and O–H groups in total. The van der Waals surface area contributed by atoms with Gasteiger partial charge >= 0.3 is 0 Å². The number of hydrogen-bond donors (Lipinski definition) is 1. The quantitative estimate of drug-likeness (QED) is 0.800. The summed E-state index contributed by atoms with van der Waals surface area (Å²) in [5, 5.41) is 0. The van der Waals surface area contributed by atoms with Crippen molar-refractivity contribution in [1.82, 2.24) is 9.55 Å². The molecule has 3 rings (SSSR count). The normalized spacial score (nSPS) is 15.4. The minimum atomic E-state index is -0.243. The smallest absolute Gasteiger partial charge is 0.178 e. The van der Waals surface area contributed by atoms with Crippen molar-refractivity contribution >= 4 is 39.2 Å². The van der Waals surface area contributed by atoms with Gasteiger partial charge in [-0.2, -0.15) is 0 Å². The molecule has 0 unspecified atom stereocenters. The molecule has 1 fully saturated rings. The number of nitrogens with zero attached hydrogens (tertiary/aromatic N) is 1. The number of H-pyrrole nitrogens is 1. The van der Waals surface area contributed by atoms with Gasteiger partial charge in [0.15, 0.2) is 4.77 Å². The molecule has 1 aliphatic carbocycles. The first-order valence-corrected chi connectivity index (χ1v) is 7.43. The minimum Gasteiger partial charge on any atom is -0.331 e. The minimum absolute atomic E-state index is 0.243. The molecule has 0 radical (unpaired) electrons. The first-order chi connectivity index (χ1) is 8.65. The number of aromatic amines is 1. The molecule has 0 amide bonds. The average molecular weight is 329 g/mol. The van der Waals surface area contributed by atoms with Gasteiger partial charge in [-0.05, 0) is 53.0 Å². The predicted molar refractivity (Wildman–Crippen MR) is 76.7 cm³/mol. The van der Waals surface area contributed by atoms with Crippen LogP contribution in [0.1, 0.15) is 25.7 Å². The zero-order valence-corrected chi connectivity index (χ0v) is 12.3. The Hall–Kier alpha value is -0.680. The van der Waals surface area contributed by atoms with E-state index in [4.69, 9.17) is 12.2 Å². The van der Waals surface area contributed by atoms with Gasteiger partial charge in [0.05, 0.1) is 15.5 Å².